The van der Waals surface area contributed by atoms with Crippen LogP contribution in [0.5, 0.6) is 0 Å². The standard InChI is InChI=1S/C27H31ClFN3O5S2/c1-16(31-38(35)27(2,3)4)20-14-25(33)32(5)15-23(20)21-12-18(10-11-30-39(36)37)24(29)13-22(21)26(34)17-6-8-19(28)9-7-17/h6-9,12-16,30-31H,10-11H2,1-5H3,(H,36,37)/t16-,38?/m0/s1. The van der Waals surface area contributed by atoms with Crippen LogP contribution in [-0.4, -0.2) is 34.6 Å². The van der Waals surface area contributed by atoms with Crippen molar-refractivity contribution in [2.45, 2.75) is 44.9 Å². The molecule has 2 unspecified atom stereocenters. The predicted octanol–water partition coefficient (Wildman–Crippen LogP) is 4.46. The van der Waals surface area contributed by atoms with E-state index in [1.807, 2.05) is 20.8 Å². The third-order valence-corrected chi connectivity index (χ3v) is 8.40. The van der Waals surface area contributed by atoms with Gasteiger partial charge in [-0.15, -0.1) is 0 Å². The summed E-state index contributed by atoms with van der Waals surface area (Å²) >= 11 is 3.72. The monoisotopic (exact) mass is 595 g/mol. The molecule has 2 aromatic carbocycles. The molecule has 0 saturated carbocycles. The summed E-state index contributed by atoms with van der Waals surface area (Å²) in [7, 11) is 0.0955. The molecule has 3 aromatic rings. The highest BCUT2D eigenvalue weighted by Crippen LogP contribution is 2.34. The van der Waals surface area contributed by atoms with Gasteiger partial charge in [-0.1, -0.05) is 11.6 Å². The second-order valence-corrected chi connectivity index (χ2v) is 13.3. The maximum atomic E-state index is 15.3. The summed E-state index contributed by atoms with van der Waals surface area (Å²) in [4.78, 5) is 26.3. The summed E-state index contributed by atoms with van der Waals surface area (Å²) in [6.45, 7) is 7.21. The molecule has 3 rings (SSSR count). The van der Waals surface area contributed by atoms with Crippen molar-refractivity contribution in [2.24, 2.45) is 7.05 Å². The van der Waals surface area contributed by atoms with Crippen LogP contribution in [-0.2, 0) is 35.7 Å². The van der Waals surface area contributed by atoms with Crippen LogP contribution < -0.4 is 15.0 Å². The number of benzene rings is 2. The van der Waals surface area contributed by atoms with Crippen molar-refractivity contribution in [1.82, 2.24) is 14.0 Å². The summed E-state index contributed by atoms with van der Waals surface area (Å²) in [5, 5.41) is 0.439. The van der Waals surface area contributed by atoms with Crippen LogP contribution in [0, 0.1) is 5.82 Å². The van der Waals surface area contributed by atoms with Crippen molar-refractivity contribution in [2.75, 3.05) is 6.54 Å². The lowest BCUT2D eigenvalue weighted by Crippen LogP contribution is -2.35. The number of halogens is 2. The Balaban J connectivity index is 2.24. The first-order valence-electron chi connectivity index (χ1n) is 12.0. The number of rotatable bonds is 10. The van der Waals surface area contributed by atoms with E-state index in [-0.39, 0.29) is 35.2 Å². The highest BCUT2D eigenvalue weighted by Gasteiger charge is 2.26. The summed E-state index contributed by atoms with van der Waals surface area (Å²) < 4.78 is 54.3. The largest absolute Gasteiger partial charge is 0.318 e. The first-order chi connectivity index (χ1) is 18.2. The van der Waals surface area contributed by atoms with E-state index in [2.05, 4.69) is 9.44 Å². The molecule has 0 aliphatic carbocycles. The van der Waals surface area contributed by atoms with Gasteiger partial charge in [-0.25, -0.2) is 22.3 Å². The number of aromatic nitrogens is 1. The Morgan fingerprint density at radius 3 is 2.36 bits per heavy atom. The fourth-order valence-corrected chi connectivity index (χ4v) is 5.08. The zero-order valence-electron chi connectivity index (χ0n) is 22.2. The van der Waals surface area contributed by atoms with Gasteiger partial charge in [0.15, 0.2) is 5.78 Å². The number of hydrogen-bond donors (Lipinski definition) is 3. The van der Waals surface area contributed by atoms with Gasteiger partial charge in [0.05, 0.1) is 15.7 Å². The van der Waals surface area contributed by atoms with E-state index in [9.17, 15) is 18.0 Å². The average Bonchev–Trinajstić information content (AvgIpc) is 2.85. The molecule has 8 nitrogen and oxygen atoms in total. The van der Waals surface area contributed by atoms with E-state index in [0.29, 0.717) is 21.7 Å². The highest BCUT2D eigenvalue weighted by molar-refractivity contribution is 7.84. The average molecular weight is 596 g/mol. The van der Waals surface area contributed by atoms with Crippen LogP contribution in [0.3, 0.4) is 0 Å². The van der Waals surface area contributed by atoms with Crippen LogP contribution in [0.1, 0.15) is 60.8 Å². The number of nitrogens with one attached hydrogen (secondary N) is 2. The van der Waals surface area contributed by atoms with Gasteiger partial charge in [-0.2, -0.15) is 0 Å². The Kier molecular flexibility index (Phi) is 10.1. The molecule has 1 aromatic heterocycles. The van der Waals surface area contributed by atoms with Crippen molar-refractivity contribution < 1.29 is 22.2 Å². The van der Waals surface area contributed by atoms with Crippen molar-refractivity contribution in [3.05, 3.63) is 92.1 Å². The third-order valence-electron chi connectivity index (χ3n) is 6.01. The van der Waals surface area contributed by atoms with E-state index in [1.165, 1.54) is 16.7 Å². The lowest BCUT2D eigenvalue weighted by Gasteiger charge is -2.24. The van der Waals surface area contributed by atoms with E-state index in [0.717, 1.165) is 6.07 Å². The van der Waals surface area contributed by atoms with Crippen LogP contribution in [0.25, 0.3) is 11.1 Å². The first kappa shape index (κ1) is 31.0. The molecule has 0 spiro atoms. The minimum absolute atomic E-state index is 0.00655. The molecule has 0 fully saturated rings. The van der Waals surface area contributed by atoms with E-state index in [4.69, 9.17) is 16.2 Å². The number of nitrogens with zero attached hydrogens (tertiary/aromatic N) is 1. The molecule has 3 N–H and O–H groups in total. The molecule has 0 amide bonds. The molecule has 12 heteroatoms. The molecular weight excluding hydrogens is 565 g/mol. The summed E-state index contributed by atoms with van der Waals surface area (Å²) in [5.41, 5.74) is 1.55. The summed E-state index contributed by atoms with van der Waals surface area (Å²) in [6.07, 6.45) is 1.62. The summed E-state index contributed by atoms with van der Waals surface area (Å²) in [5.74, 6) is -1.12. The maximum Gasteiger partial charge on any atom is 0.250 e. The summed E-state index contributed by atoms with van der Waals surface area (Å²) in [6, 6.07) is 9.69. The molecule has 0 aliphatic rings. The van der Waals surface area contributed by atoms with Gasteiger partial charge in [0.25, 0.3) is 5.56 Å². The van der Waals surface area contributed by atoms with Gasteiger partial charge >= 0.3 is 0 Å². The van der Waals surface area contributed by atoms with E-state index in [1.54, 1.807) is 44.4 Å². The molecule has 0 bridgehead atoms. The maximum absolute atomic E-state index is 15.3. The van der Waals surface area contributed by atoms with Gasteiger partial charge in [-0.3, -0.25) is 14.1 Å². The van der Waals surface area contributed by atoms with Crippen molar-refractivity contribution in [3.63, 3.8) is 0 Å². The minimum atomic E-state index is -2.27. The Labute approximate surface area is 237 Å². The molecule has 0 radical (unpaired) electrons. The van der Waals surface area contributed by atoms with Crippen LogP contribution in [0.2, 0.25) is 5.02 Å². The number of carbonyl (C=O) groups is 1. The van der Waals surface area contributed by atoms with E-state index >= 15 is 4.39 Å². The zero-order valence-corrected chi connectivity index (χ0v) is 24.6. The van der Waals surface area contributed by atoms with Crippen molar-refractivity contribution in [1.29, 1.82) is 0 Å². The molecule has 0 saturated heterocycles. The van der Waals surface area contributed by atoms with Gasteiger partial charge in [0.1, 0.15) is 5.82 Å². The third kappa shape index (κ3) is 7.77. The molecule has 210 valence electrons. The normalized spacial score (nSPS) is 14.2. The SMILES string of the molecule is C[C@H](NS(=O)C(C)(C)C)c1cc(=O)n(C)cc1-c1cc(CCNS(=O)O)c(F)cc1C(=O)c1ccc(Cl)cc1. The number of ketones is 1. The smallest absolute Gasteiger partial charge is 0.250 e. The van der Waals surface area contributed by atoms with Crippen LogP contribution >= 0.6 is 11.6 Å². The fraction of sp³-hybridized carbons (Fsp3) is 0.333. The number of hydrogen-bond acceptors (Lipinski definition) is 4. The lowest BCUT2D eigenvalue weighted by atomic mass is 9.88. The minimum Gasteiger partial charge on any atom is -0.318 e. The highest BCUT2D eigenvalue weighted by atomic mass is 35.5. The van der Waals surface area contributed by atoms with Crippen LogP contribution in [0.4, 0.5) is 4.39 Å². The number of carbonyl (C=O) groups excluding carboxylic acids is 1. The van der Waals surface area contributed by atoms with Gasteiger partial charge in [0.2, 0.25) is 11.3 Å². The Morgan fingerprint density at radius 2 is 1.77 bits per heavy atom. The molecule has 3 atom stereocenters. The zero-order chi connectivity index (χ0) is 29.1. The first-order valence-corrected chi connectivity index (χ1v) is 14.7. The van der Waals surface area contributed by atoms with Crippen molar-refractivity contribution in [3.8, 4) is 11.1 Å². The second kappa shape index (κ2) is 12.8. The quantitative estimate of drug-likeness (QED) is 0.236. The molecule has 0 aliphatic heterocycles. The van der Waals surface area contributed by atoms with Crippen LogP contribution in [0.15, 0.2) is 53.5 Å². The Bertz CT molecular complexity index is 1490. The number of aryl methyl sites for hydroxylation is 1. The predicted molar refractivity (Wildman–Crippen MR) is 154 cm³/mol. The molecular formula is C27H31ClFN3O5S2. The lowest BCUT2D eigenvalue weighted by molar-refractivity contribution is 0.103. The Hall–Kier alpha value is -2.54. The molecule has 1 heterocycles. The van der Waals surface area contributed by atoms with Gasteiger partial charge in [-0.05, 0) is 87.2 Å². The van der Waals surface area contributed by atoms with Crippen molar-refractivity contribution >= 4 is 39.6 Å². The number of pyridine rings is 1. The van der Waals surface area contributed by atoms with E-state index < -0.39 is 44.6 Å². The molecule has 39 heavy (non-hydrogen) atoms. The fourth-order valence-electron chi connectivity index (χ4n) is 3.88. The van der Waals surface area contributed by atoms with Gasteiger partial charge < -0.3 is 4.57 Å². The Morgan fingerprint density at radius 1 is 1.13 bits per heavy atom. The van der Waals surface area contributed by atoms with Gasteiger partial charge in [0, 0.05) is 53.6 Å². The topological polar surface area (TPSA) is 118 Å². The second-order valence-electron chi connectivity index (χ2n) is 10.0.